The summed E-state index contributed by atoms with van der Waals surface area (Å²) in [5.41, 5.74) is 2.26. The Kier molecular flexibility index (Phi) is 6.09. The molecule has 0 aliphatic carbocycles. The van der Waals surface area contributed by atoms with Crippen LogP contribution in [0.2, 0.25) is 15.1 Å². The first kappa shape index (κ1) is 19.1. The first-order valence-electron chi connectivity index (χ1n) is 7.66. The highest BCUT2D eigenvalue weighted by molar-refractivity contribution is 7.12. The van der Waals surface area contributed by atoms with Crippen LogP contribution in [0.5, 0.6) is 5.75 Å². The molecule has 1 heterocycles. The fourth-order valence-corrected chi connectivity index (χ4v) is 3.64. The van der Waals surface area contributed by atoms with Gasteiger partial charge >= 0.3 is 0 Å². The molecule has 0 saturated carbocycles. The lowest BCUT2D eigenvalue weighted by Gasteiger charge is -2.08. The third kappa shape index (κ3) is 4.51. The number of aryl methyl sites for hydroxylation is 1. The van der Waals surface area contributed by atoms with E-state index in [1.54, 1.807) is 30.3 Å². The number of benzene rings is 2. The highest BCUT2D eigenvalue weighted by Crippen LogP contribution is 2.31. The molecule has 3 rings (SSSR count). The van der Waals surface area contributed by atoms with Crippen molar-refractivity contribution in [2.75, 3.05) is 5.32 Å². The standard InChI is InChI=1S/C19H14Cl3NO2S/c1-11-7-13(5-6-14(11)20)25-9-12-8-17(26-10-12)19(24)23-18-15(21)3-2-4-16(18)22/h2-8,10H,9H2,1H3,(H,23,24). The van der Waals surface area contributed by atoms with Crippen molar-refractivity contribution in [1.29, 1.82) is 0 Å². The number of rotatable bonds is 5. The molecule has 0 aliphatic heterocycles. The van der Waals surface area contributed by atoms with Gasteiger partial charge in [-0.3, -0.25) is 4.79 Å². The van der Waals surface area contributed by atoms with Gasteiger partial charge in [-0.05, 0) is 54.3 Å². The molecule has 134 valence electrons. The van der Waals surface area contributed by atoms with Gasteiger partial charge in [0, 0.05) is 10.6 Å². The van der Waals surface area contributed by atoms with E-state index in [0.29, 0.717) is 32.2 Å². The van der Waals surface area contributed by atoms with Crippen LogP contribution in [0.1, 0.15) is 20.8 Å². The molecule has 3 aromatic rings. The van der Waals surface area contributed by atoms with Crippen molar-refractivity contribution in [1.82, 2.24) is 0 Å². The first-order valence-corrected chi connectivity index (χ1v) is 9.67. The fraction of sp³-hybridized carbons (Fsp3) is 0.105. The molecule has 0 aliphatic rings. The van der Waals surface area contributed by atoms with E-state index in [2.05, 4.69) is 5.32 Å². The SMILES string of the molecule is Cc1cc(OCc2csc(C(=O)Nc3c(Cl)cccc3Cl)c2)ccc1Cl. The second-order valence-electron chi connectivity index (χ2n) is 5.57. The third-order valence-corrected chi connectivity index (χ3v) is 5.65. The maximum absolute atomic E-state index is 12.4. The zero-order chi connectivity index (χ0) is 18.7. The van der Waals surface area contributed by atoms with Crippen molar-refractivity contribution in [2.45, 2.75) is 13.5 Å². The monoisotopic (exact) mass is 425 g/mol. The molecule has 26 heavy (non-hydrogen) atoms. The van der Waals surface area contributed by atoms with Gasteiger partial charge in [0.05, 0.1) is 20.6 Å². The molecule has 0 saturated heterocycles. The van der Waals surface area contributed by atoms with Gasteiger partial charge in [0.25, 0.3) is 5.91 Å². The molecule has 0 fully saturated rings. The summed E-state index contributed by atoms with van der Waals surface area (Å²) < 4.78 is 5.75. The predicted octanol–water partition coefficient (Wildman–Crippen LogP) is 6.85. The summed E-state index contributed by atoms with van der Waals surface area (Å²) >= 11 is 19.5. The number of carbonyl (C=O) groups is 1. The predicted molar refractivity (Wildman–Crippen MR) is 109 cm³/mol. The lowest BCUT2D eigenvalue weighted by Crippen LogP contribution is -2.11. The van der Waals surface area contributed by atoms with Crippen LogP contribution in [0, 0.1) is 6.92 Å². The Balaban J connectivity index is 1.65. The van der Waals surface area contributed by atoms with Crippen LogP contribution in [-0.4, -0.2) is 5.91 Å². The zero-order valence-corrected chi connectivity index (χ0v) is 16.8. The van der Waals surface area contributed by atoms with E-state index < -0.39 is 0 Å². The molecule has 3 nitrogen and oxygen atoms in total. The lowest BCUT2D eigenvalue weighted by atomic mass is 10.2. The number of ether oxygens (including phenoxy) is 1. The van der Waals surface area contributed by atoms with Crippen molar-refractivity contribution < 1.29 is 9.53 Å². The van der Waals surface area contributed by atoms with Crippen LogP contribution in [0.4, 0.5) is 5.69 Å². The Morgan fingerprint density at radius 1 is 1.08 bits per heavy atom. The summed E-state index contributed by atoms with van der Waals surface area (Å²) in [6.07, 6.45) is 0. The summed E-state index contributed by atoms with van der Waals surface area (Å²) in [6, 6.07) is 12.3. The van der Waals surface area contributed by atoms with Gasteiger partial charge in [-0.2, -0.15) is 0 Å². The number of hydrogen-bond donors (Lipinski definition) is 1. The van der Waals surface area contributed by atoms with E-state index in [0.717, 1.165) is 16.9 Å². The van der Waals surface area contributed by atoms with Crippen LogP contribution in [-0.2, 0) is 6.61 Å². The largest absolute Gasteiger partial charge is 0.489 e. The minimum Gasteiger partial charge on any atom is -0.489 e. The number of anilines is 1. The first-order chi connectivity index (χ1) is 12.4. The van der Waals surface area contributed by atoms with Gasteiger partial charge in [-0.15, -0.1) is 11.3 Å². The van der Waals surface area contributed by atoms with Crippen molar-refractivity contribution in [3.05, 3.63) is 78.9 Å². The van der Waals surface area contributed by atoms with Gasteiger partial charge in [-0.1, -0.05) is 40.9 Å². The summed E-state index contributed by atoms with van der Waals surface area (Å²) in [7, 11) is 0. The van der Waals surface area contributed by atoms with Crippen molar-refractivity contribution in [3.8, 4) is 5.75 Å². The number of thiophene rings is 1. The number of amides is 1. The molecule has 1 aromatic heterocycles. The zero-order valence-electron chi connectivity index (χ0n) is 13.7. The molecule has 7 heteroatoms. The molecule has 0 radical (unpaired) electrons. The highest BCUT2D eigenvalue weighted by atomic mass is 35.5. The average molecular weight is 427 g/mol. The van der Waals surface area contributed by atoms with Gasteiger partial charge in [0.1, 0.15) is 12.4 Å². The van der Waals surface area contributed by atoms with Crippen molar-refractivity contribution >= 4 is 57.7 Å². The lowest BCUT2D eigenvalue weighted by molar-refractivity contribution is 0.103. The Morgan fingerprint density at radius 3 is 2.50 bits per heavy atom. The molecule has 2 aromatic carbocycles. The average Bonchev–Trinajstić information content (AvgIpc) is 3.08. The van der Waals surface area contributed by atoms with Crippen molar-refractivity contribution in [2.24, 2.45) is 0 Å². The Morgan fingerprint density at radius 2 is 1.81 bits per heavy atom. The van der Waals surface area contributed by atoms with E-state index in [4.69, 9.17) is 39.5 Å². The van der Waals surface area contributed by atoms with Gasteiger partial charge in [0.2, 0.25) is 0 Å². The Hall–Kier alpha value is -1.72. The van der Waals surface area contributed by atoms with Crippen LogP contribution in [0.25, 0.3) is 0 Å². The van der Waals surface area contributed by atoms with Gasteiger partial charge in [0.15, 0.2) is 0 Å². The van der Waals surface area contributed by atoms with Crippen LogP contribution in [0.15, 0.2) is 47.8 Å². The fourth-order valence-electron chi connectivity index (χ4n) is 2.24. The van der Waals surface area contributed by atoms with Crippen LogP contribution >= 0.6 is 46.1 Å². The summed E-state index contributed by atoms with van der Waals surface area (Å²) in [6.45, 7) is 2.28. The quantitative estimate of drug-likeness (QED) is 0.484. The molecular formula is C19H14Cl3NO2S. The van der Waals surface area contributed by atoms with E-state index in [1.807, 2.05) is 24.4 Å². The normalized spacial score (nSPS) is 10.6. The van der Waals surface area contributed by atoms with E-state index >= 15 is 0 Å². The van der Waals surface area contributed by atoms with E-state index in [-0.39, 0.29) is 5.91 Å². The smallest absolute Gasteiger partial charge is 0.265 e. The maximum atomic E-state index is 12.4. The summed E-state index contributed by atoms with van der Waals surface area (Å²) in [5, 5.41) is 6.11. The molecule has 1 amide bonds. The van der Waals surface area contributed by atoms with Gasteiger partial charge < -0.3 is 10.1 Å². The number of nitrogens with one attached hydrogen (secondary N) is 1. The van der Waals surface area contributed by atoms with E-state index in [9.17, 15) is 4.79 Å². The molecule has 0 bridgehead atoms. The number of halogens is 3. The molecular weight excluding hydrogens is 413 g/mol. The Bertz CT molecular complexity index is 935. The van der Waals surface area contributed by atoms with Crippen LogP contribution in [0.3, 0.4) is 0 Å². The second kappa shape index (κ2) is 8.31. The minimum atomic E-state index is -0.265. The minimum absolute atomic E-state index is 0.265. The summed E-state index contributed by atoms with van der Waals surface area (Å²) in [4.78, 5) is 13.0. The Labute approximate surface area is 170 Å². The number of hydrogen-bond acceptors (Lipinski definition) is 3. The van der Waals surface area contributed by atoms with Gasteiger partial charge in [-0.25, -0.2) is 0 Å². The highest BCUT2D eigenvalue weighted by Gasteiger charge is 2.14. The molecule has 1 N–H and O–H groups in total. The molecule has 0 atom stereocenters. The maximum Gasteiger partial charge on any atom is 0.265 e. The summed E-state index contributed by atoms with van der Waals surface area (Å²) in [5.74, 6) is 0.463. The number of para-hydroxylation sites is 1. The number of carbonyl (C=O) groups excluding carboxylic acids is 1. The van der Waals surface area contributed by atoms with E-state index in [1.165, 1.54) is 11.3 Å². The third-order valence-electron chi connectivity index (χ3n) is 3.61. The second-order valence-corrected chi connectivity index (χ2v) is 7.70. The molecule has 0 spiro atoms. The van der Waals surface area contributed by atoms with Crippen LogP contribution < -0.4 is 10.1 Å². The topological polar surface area (TPSA) is 38.3 Å². The molecule has 0 unspecified atom stereocenters. The van der Waals surface area contributed by atoms with Crippen molar-refractivity contribution in [3.63, 3.8) is 0 Å².